The molecule has 2 aliphatic rings. The molecular weight excluding hydrogens is 957 g/mol. The van der Waals surface area contributed by atoms with Crippen LogP contribution in [0, 0.1) is 18.8 Å². The SMILES string of the molecule is CCCCCCCCCCC(CCCCCCCC)CN1C(=O)C2=C(c3ccc(-c4ccc(-c5ccc(-c6ccc(C)s6)s5)s4)s3)N(CC(CCCCCCCC)CCCCCCCCCC)C(=O)C2=C1C. The van der Waals surface area contributed by atoms with Crippen LogP contribution in [0.5, 0.6) is 0 Å². The Morgan fingerprint density at radius 3 is 1.00 bits per heavy atom. The van der Waals surface area contributed by atoms with Gasteiger partial charge in [-0.3, -0.25) is 9.59 Å². The number of carbonyl (C=O) groups excluding carboxylic acids is 2. The Kier molecular flexibility index (Phi) is 26.5. The van der Waals surface area contributed by atoms with Gasteiger partial charge in [0.05, 0.1) is 21.7 Å². The average Bonchev–Trinajstić information content (AvgIpc) is 4.26. The first-order valence-electron chi connectivity index (χ1n) is 29.7. The summed E-state index contributed by atoms with van der Waals surface area (Å²) in [7, 11) is 0. The van der Waals surface area contributed by atoms with Crippen LogP contribution in [0.4, 0.5) is 0 Å². The number of amides is 2. The molecule has 6 heterocycles. The van der Waals surface area contributed by atoms with Crippen LogP contribution in [-0.4, -0.2) is 34.7 Å². The Hall–Kier alpha value is -2.78. The van der Waals surface area contributed by atoms with Crippen LogP contribution >= 0.6 is 45.3 Å². The molecule has 2 atom stereocenters. The number of hydrogen-bond acceptors (Lipinski definition) is 6. The summed E-state index contributed by atoms with van der Waals surface area (Å²) in [5, 5.41) is 0. The minimum atomic E-state index is 0.0653. The molecule has 72 heavy (non-hydrogen) atoms. The molecule has 2 amide bonds. The van der Waals surface area contributed by atoms with Gasteiger partial charge in [-0.05, 0) is 99.9 Å². The Labute approximate surface area is 455 Å². The molecule has 0 fully saturated rings. The molecule has 0 N–H and O–H groups in total. The zero-order valence-corrected chi connectivity index (χ0v) is 49.4. The minimum Gasteiger partial charge on any atom is -0.311 e. The number of unbranched alkanes of at least 4 members (excludes halogenated alkanes) is 24. The van der Waals surface area contributed by atoms with Crippen molar-refractivity contribution in [3.05, 3.63) is 75.1 Å². The van der Waals surface area contributed by atoms with Crippen LogP contribution in [0.2, 0.25) is 0 Å². The van der Waals surface area contributed by atoms with Crippen molar-refractivity contribution in [3.8, 4) is 29.3 Å². The molecule has 0 bridgehead atoms. The predicted octanol–water partition coefficient (Wildman–Crippen LogP) is 21.7. The smallest absolute Gasteiger partial charge is 0.261 e. The van der Waals surface area contributed by atoms with E-state index in [1.165, 1.54) is 220 Å². The van der Waals surface area contributed by atoms with Gasteiger partial charge in [0.2, 0.25) is 0 Å². The molecule has 4 nitrogen and oxygen atoms in total. The van der Waals surface area contributed by atoms with E-state index in [1.54, 1.807) is 11.3 Å². The van der Waals surface area contributed by atoms with Crippen molar-refractivity contribution in [2.24, 2.45) is 11.8 Å². The lowest BCUT2D eigenvalue weighted by atomic mass is 9.93. The molecule has 0 spiro atoms. The van der Waals surface area contributed by atoms with E-state index in [0.717, 1.165) is 42.1 Å². The third-order valence-corrected chi connectivity index (χ3v) is 20.6. The fourth-order valence-corrected chi connectivity index (χ4v) is 15.5. The van der Waals surface area contributed by atoms with Crippen LogP contribution < -0.4 is 0 Å². The number of allylic oxidation sites excluding steroid dienone is 1. The highest BCUT2D eigenvalue weighted by Gasteiger charge is 2.48. The lowest BCUT2D eigenvalue weighted by Crippen LogP contribution is -2.34. The summed E-state index contributed by atoms with van der Waals surface area (Å²) in [5.74, 6) is 1.00. The number of rotatable bonds is 40. The maximum atomic E-state index is 15.3. The number of fused-ring (bicyclic) bond motifs is 1. The second-order valence-corrected chi connectivity index (χ2v) is 26.3. The Bertz CT molecular complexity index is 2250. The second-order valence-electron chi connectivity index (χ2n) is 21.8. The first kappa shape index (κ1) is 58.5. The zero-order valence-electron chi connectivity index (χ0n) is 46.2. The molecule has 0 saturated heterocycles. The summed E-state index contributed by atoms with van der Waals surface area (Å²) in [6.07, 6.45) is 41.1. The van der Waals surface area contributed by atoms with Crippen LogP contribution in [0.1, 0.15) is 250 Å². The molecule has 2 aliphatic heterocycles. The van der Waals surface area contributed by atoms with Crippen molar-refractivity contribution >= 4 is 62.9 Å². The van der Waals surface area contributed by atoms with Gasteiger partial charge in [0.25, 0.3) is 11.8 Å². The normalized spacial score (nSPS) is 14.8. The first-order chi connectivity index (χ1) is 35.3. The number of thiophene rings is 4. The highest BCUT2D eigenvalue weighted by Crippen LogP contribution is 2.49. The Morgan fingerprint density at radius 1 is 0.347 bits per heavy atom. The fraction of sp³-hybridized carbons (Fsp3) is 0.656. The zero-order chi connectivity index (χ0) is 50.9. The highest BCUT2D eigenvalue weighted by molar-refractivity contribution is 7.28. The van der Waals surface area contributed by atoms with Crippen LogP contribution in [-0.2, 0) is 9.59 Å². The summed E-state index contributed by atoms with van der Waals surface area (Å²) in [5.41, 5.74) is 3.16. The molecular formula is C64H96N2O2S4. The summed E-state index contributed by atoms with van der Waals surface area (Å²) in [6, 6.07) is 18.0. The lowest BCUT2D eigenvalue weighted by molar-refractivity contribution is -0.125. The third-order valence-electron chi connectivity index (χ3n) is 15.7. The molecule has 0 aliphatic carbocycles. The third kappa shape index (κ3) is 17.7. The van der Waals surface area contributed by atoms with Gasteiger partial charge < -0.3 is 9.80 Å². The van der Waals surface area contributed by atoms with E-state index in [-0.39, 0.29) is 11.8 Å². The maximum Gasteiger partial charge on any atom is 0.261 e. The quantitative estimate of drug-likeness (QED) is 0.0417. The fourth-order valence-electron chi connectivity index (χ4n) is 11.3. The number of aryl methyl sites for hydroxylation is 1. The van der Waals surface area contributed by atoms with Crippen molar-refractivity contribution in [1.29, 1.82) is 0 Å². The summed E-state index contributed by atoms with van der Waals surface area (Å²) in [6.45, 7) is 14.9. The van der Waals surface area contributed by atoms with Crippen LogP contribution in [0.15, 0.2) is 65.4 Å². The minimum absolute atomic E-state index is 0.0653. The van der Waals surface area contributed by atoms with Crippen molar-refractivity contribution in [2.45, 2.75) is 247 Å². The largest absolute Gasteiger partial charge is 0.311 e. The van der Waals surface area contributed by atoms with E-state index in [9.17, 15) is 0 Å². The summed E-state index contributed by atoms with van der Waals surface area (Å²) >= 11 is 7.35. The maximum absolute atomic E-state index is 15.3. The van der Waals surface area contributed by atoms with Crippen molar-refractivity contribution in [2.75, 3.05) is 13.1 Å². The van der Waals surface area contributed by atoms with E-state index in [0.29, 0.717) is 29.5 Å². The van der Waals surface area contributed by atoms with Gasteiger partial charge in [0.15, 0.2) is 0 Å². The highest BCUT2D eigenvalue weighted by atomic mass is 32.1. The van der Waals surface area contributed by atoms with Gasteiger partial charge in [0.1, 0.15) is 0 Å². The monoisotopic (exact) mass is 1050 g/mol. The van der Waals surface area contributed by atoms with Gasteiger partial charge in [0, 0.05) is 52.9 Å². The van der Waals surface area contributed by atoms with E-state index in [4.69, 9.17) is 0 Å². The van der Waals surface area contributed by atoms with Gasteiger partial charge in [-0.25, -0.2) is 0 Å². The number of nitrogens with zero attached hydrogens (tertiary/aromatic N) is 2. The number of hydrogen-bond donors (Lipinski definition) is 0. The molecule has 398 valence electrons. The molecule has 0 aromatic carbocycles. The van der Waals surface area contributed by atoms with Gasteiger partial charge >= 0.3 is 0 Å². The number of carbonyl (C=O) groups is 2. The molecule has 8 heteroatoms. The predicted molar refractivity (Wildman–Crippen MR) is 319 cm³/mol. The molecule has 6 rings (SSSR count). The lowest BCUT2D eigenvalue weighted by Gasteiger charge is -2.29. The molecule has 2 unspecified atom stereocenters. The molecule has 4 aromatic heterocycles. The Balaban J connectivity index is 1.25. The van der Waals surface area contributed by atoms with E-state index in [2.05, 4.69) is 99.9 Å². The second kappa shape index (κ2) is 32.6. The van der Waals surface area contributed by atoms with Crippen LogP contribution in [0.25, 0.3) is 35.0 Å². The average molecular weight is 1050 g/mol. The molecule has 0 radical (unpaired) electrons. The first-order valence-corrected chi connectivity index (χ1v) is 33.0. The van der Waals surface area contributed by atoms with Crippen molar-refractivity contribution in [1.82, 2.24) is 9.80 Å². The molecule has 4 aromatic rings. The summed E-state index contributed by atoms with van der Waals surface area (Å²) in [4.78, 5) is 44.8. The van der Waals surface area contributed by atoms with Crippen molar-refractivity contribution < 1.29 is 9.59 Å². The van der Waals surface area contributed by atoms with E-state index in [1.807, 2.05) is 34.0 Å². The summed E-state index contributed by atoms with van der Waals surface area (Å²) < 4.78 is 0. The van der Waals surface area contributed by atoms with Crippen molar-refractivity contribution in [3.63, 3.8) is 0 Å². The van der Waals surface area contributed by atoms with Gasteiger partial charge in [-0.15, -0.1) is 45.3 Å². The standard InChI is InChI=1S/C64H96N2O2S4/c1-7-11-15-19-23-25-29-33-36-51(35-31-27-21-17-13-9-3)47-65-50(6)60-61(64(65)68)62(66(63(60)67)48-52(37-32-28-22-18-14-10-4)38-34-30-26-24-20-16-12-8-2)59-46-45-58(72-59)57-44-43-56(71-57)55-42-41-54(70-55)53-40-39-49(5)69-53/h39-46,51-52H,7-38,47-48H2,1-6H3. The van der Waals surface area contributed by atoms with E-state index >= 15 is 9.59 Å². The van der Waals surface area contributed by atoms with Gasteiger partial charge in [-0.1, -0.05) is 207 Å². The molecule has 0 saturated carbocycles. The Morgan fingerprint density at radius 2 is 0.639 bits per heavy atom. The van der Waals surface area contributed by atoms with Gasteiger partial charge in [-0.2, -0.15) is 0 Å². The topological polar surface area (TPSA) is 40.6 Å². The van der Waals surface area contributed by atoms with Crippen LogP contribution in [0.3, 0.4) is 0 Å². The van der Waals surface area contributed by atoms with E-state index < -0.39 is 0 Å².